The number of unbranched alkanes of at least 4 members (excludes halogenated alkanes) is 3. The molecule has 0 aliphatic heterocycles. The highest BCUT2D eigenvalue weighted by Gasteiger charge is 2.11. The van der Waals surface area contributed by atoms with Gasteiger partial charge in [0, 0.05) is 30.8 Å². The third-order valence-electron chi connectivity index (χ3n) is 4.18. The van der Waals surface area contributed by atoms with Crippen LogP contribution in [0.15, 0.2) is 48.7 Å². The van der Waals surface area contributed by atoms with Crippen molar-refractivity contribution in [2.75, 3.05) is 0 Å². The number of rotatable bonds is 9. The predicted molar refractivity (Wildman–Crippen MR) is 90.7 cm³/mol. The molecule has 2 N–H and O–H groups in total. The van der Waals surface area contributed by atoms with Crippen LogP contribution in [-0.2, 0) is 11.3 Å². The molecule has 1 atom stereocenters. The van der Waals surface area contributed by atoms with E-state index in [2.05, 4.69) is 60.2 Å². The maximum Gasteiger partial charge on any atom is 0.217 e. The van der Waals surface area contributed by atoms with E-state index in [1.165, 1.54) is 11.3 Å². The standard InChI is InChI=1S/C19H26N2O/c1-16(17-10-5-4-6-11-17)18-12-9-15-21(18)14-8-3-2-7-13-19(20)22/h4-6,9-12,15-16H,2-3,7-8,13-14H2,1H3,(H2,20,22). The molecular formula is C19H26N2O. The van der Waals surface area contributed by atoms with Crippen LogP contribution in [0.4, 0.5) is 0 Å². The SMILES string of the molecule is CC(c1ccccc1)c1cccn1CCCCCCC(N)=O. The number of benzene rings is 1. The van der Waals surface area contributed by atoms with Crippen LogP contribution < -0.4 is 5.73 Å². The van der Waals surface area contributed by atoms with E-state index in [9.17, 15) is 4.79 Å². The molecule has 3 nitrogen and oxygen atoms in total. The number of aromatic nitrogens is 1. The summed E-state index contributed by atoms with van der Waals surface area (Å²) in [6.45, 7) is 3.30. The Hall–Kier alpha value is -2.03. The molecule has 1 amide bonds. The van der Waals surface area contributed by atoms with Crippen LogP contribution in [0.3, 0.4) is 0 Å². The van der Waals surface area contributed by atoms with E-state index in [1.807, 2.05) is 0 Å². The summed E-state index contributed by atoms with van der Waals surface area (Å²) in [4.78, 5) is 10.7. The normalized spacial score (nSPS) is 12.2. The molecule has 2 rings (SSSR count). The minimum absolute atomic E-state index is 0.190. The van der Waals surface area contributed by atoms with Crippen LogP contribution in [0, 0.1) is 0 Å². The molecule has 0 fully saturated rings. The molecule has 22 heavy (non-hydrogen) atoms. The fourth-order valence-corrected chi connectivity index (χ4v) is 2.87. The summed E-state index contributed by atoms with van der Waals surface area (Å²) in [7, 11) is 0. The number of hydrogen-bond acceptors (Lipinski definition) is 1. The van der Waals surface area contributed by atoms with Gasteiger partial charge in [-0.1, -0.05) is 50.1 Å². The van der Waals surface area contributed by atoms with E-state index in [0.29, 0.717) is 12.3 Å². The molecule has 0 radical (unpaired) electrons. The first-order valence-corrected chi connectivity index (χ1v) is 8.17. The number of carbonyl (C=O) groups is 1. The average molecular weight is 298 g/mol. The molecule has 0 spiro atoms. The lowest BCUT2D eigenvalue weighted by Crippen LogP contribution is -2.09. The molecule has 0 saturated carbocycles. The number of amides is 1. The lowest BCUT2D eigenvalue weighted by molar-refractivity contribution is -0.118. The molecule has 1 unspecified atom stereocenters. The summed E-state index contributed by atoms with van der Waals surface area (Å²) < 4.78 is 2.35. The summed E-state index contributed by atoms with van der Waals surface area (Å²) in [5, 5.41) is 0. The molecular weight excluding hydrogens is 272 g/mol. The third-order valence-corrected chi connectivity index (χ3v) is 4.18. The maximum absolute atomic E-state index is 10.7. The van der Waals surface area contributed by atoms with Gasteiger partial charge in [0.25, 0.3) is 0 Å². The van der Waals surface area contributed by atoms with Crippen LogP contribution in [0.5, 0.6) is 0 Å². The van der Waals surface area contributed by atoms with E-state index >= 15 is 0 Å². The van der Waals surface area contributed by atoms with Gasteiger partial charge in [0.05, 0.1) is 0 Å². The van der Waals surface area contributed by atoms with Crippen molar-refractivity contribution in [3.05, 3.63) is 59.9 Å². The fourth-order valence-electron chi connectivity index (χ4n) is 2.87. The lowest BCUT2D eigenvalue weighted by Gasteiger charge is -2.16. The Balaban J connectivity index is 1.83. The topological polar surface area (TPSA) is 48.0 Å². The Morgan fingerprint density at radius 2 is 1.77 bits per heavy atom. The second-order valence-electron chi connectivity index (χ2n) is 5.89. The van der Waals surface area contributed by atoms with Gasteiger partial charge in [-0.05, 0) is 30.5 Å². The van der Waals surface area contributed by atoms with E-state index < -0.39 is 0 Å². The van der Waals surface area contributed by atoms with Gasteiger partial charge in [-0.2, -0.15) is 0 Å². The van der Waals surface area contributed by atoms with Gasteiger partial charge in [-0.3, -0.25) is 4.79 Å². The van der Waals surface area contributed by atoms with Gasteiger partial charge in [0.15, 0.2) is 0 Å². The van der Waals surface area contributed by atoms with Crippen molar-refractivity contribution < 1.29 is 4.79 Å². The summed E-state index contributed by atoms with van der Waals surface area (Å²) in [5.41, 5.74) is 7.86. The fraction of sp³-hybridized carbons (Fsp3) is 0.421. The van der Waals surface area contributed by atoms with Gasteiger partial charge in [0.2, 0.25) is 5.91 Å². The van der Waals surface area contributed by atoms with E-state index in [1.54, 1.807) is 0 Å². The molecule has 0 aliphatic carbocycles. The van der Waals surface area contributed by atoms with Crippen molar-refractivity contribution in [1.82, 2.24) is 4.57 Å². The van der Waals surface area contributed by atoms with Crippen LogP contribution in [0.1, 0.15) is 56.2 Å². The molecule has 3 heteroatoms. The predicted octanol–water partition coefficient (Wildman–Crippen LogP) is 4.08. The average Bonchev–Trinajstić information content (AvgIpc) is 2.99. The van der Waals surface area contributed by atoms with Gasteiger partial charge in [-0.25, -0.2) is 0 Å². The highest BCUT2D eigenvalue weighted by molar-refractivity contribution is 5.73. The summed E-state index contributed by atoms with van der Waals surface area (Å²) >= 11 is 0. The molecule has 118 valence electrons. The Labute approximate surface area is 133 Å². The number of primary amides is 1. The zero-order valence-electron chi connectivity index (χ0n) is 13.4. The van der Waals surface area contributed by atoms with Crippen molar-refractivity contribution in [1.29, 1.82) is 0 Å². The first-order chi connectivity index (χ1) is 10.7. The Kier molecular flexibility index (Phi) is 6.26. The molecule has 1 aromatic carbocycles. The molecule has 1 aromatic heterocycles. The molecule has 2 aromatic rings. The first-order valence-electron chi connectivity index (χ1n) is 8.17. The van der Waals surface area contributed by atoms with Gasteiger partial charge < -0.3 is 10.3 Å². The zero-order valence-corrected chi connectivity index (χ0v) is 13.4. The van der Waals surface area contributed by atoms with Crippen molar-refractivity contribution in [3.63, 3.8) is 0 Å². The Morgan fingerprint density at radius 3 is 2.50 bits per heavy atom. The minimum Gasteiger partial charge on any atom is -0.370 e. The Morgan fingerprint density at radius 1 is 1.05 bits per heavy atom. The Bertz CT molecular complexity index is 574. The first kappa shape index (κ1) is 16.3. The number of aryl methyl sites for hydroxylation is 1. The van der Waals surface area contributed by atoms with Crippen molar-refractivity contribution in [3.8, 4) is 0 Å². The third kappa shape index (κ3) is 4.76. The summed E-state index contributed by atoms with van der Waals surface area (Å²) in [5.74, 6) is 0.218. The summed E-state index contributed by atoms with van der Waals surface area (Å²) in [6, 6.07) is 15.0. The van der Waals surface area contributed by atoms with Crippen molar-refractivity contribution in [2.45, 2.75) is 51.5 Å². The molecule has 1 heterocycles. The summed E-state index contributed by atoms with van der Waals surface area (Å²) in [6.07, 6.45) is 6.95. The number of hydrogen-bond donors (Lipinski definition) is 1. The van der Waals surface area contributed by atoms with E-state index in [-0.39, 0.29) is 5.91 Å². The molecule has 0 bridgehead atoms. The van der Waals surface area contributed by atoms with Crippen LogP contribution in [-0.4, -0.2) is 10.5 Å². The lowest BCUT2D eigenvalue weighted by atomic mass is 9.98. The van der Waals surface area contributed by atoms with Crippen molar-refractivity contribution >= 4 is 5.91 Å². The highest BCUT2D eigenvalue weighted by atomic mass is 16.1. The van der Waals surface area contributed by atoms with Crippen LogP contribution >= 0.6 is 0 Å². The van der Waals surface area contributed by atoms with E-state index in [4.69, 9.17) is 5.73 Å². The van der Waals surface area contributed by atoms with Gasteiger partial charge in [0.1, 0.15) is 0 Å². The second-order valence-corrected chi connectivity index (χ2v) is 5.89. The second kappa shape index (κ2) is 8.42. The van der Waals surface area contributed by atoms with Gasteiger partial charge in [-0.15, -0.1) is 0 Å². The molecule has 0 saturated heterocycles. The van der Waals surface area contributed by atoms with E-state index in [0.717, 1.165) is 32.2 Å². The quantitative estimate of drug-likeness (QED) is 0.697. The zero-order chi connectivity index (χ0) is 15.8. The number of nitrogens with two attached hydrogens (primary N) is 1. The maximum atomic E-state index is 10.7. The van der Waals surface area contributed by atoms with Crippen LogP contribution in [0.25, 0.3) is 0 Å². The smallest absolute Gasteiger partial charge is 0.217 e. The van der Waals surface area contributed by atoms with Crippen molar-refractivity contribution in [2.24, 2.45) is 5.73 Å². The minimum atomic E-state index is -0.190. The highest BCUT2D eigenvalue weighted by Crippen LogP contribution is 2.24. The largest absolute Gasteiger partial charge is 0.370 e. The number of carbonyl (C=O) groups excluding carboxylic acids is 1. The monoisotopic (exact) mass is 298 g/mol. The van der Waals surface area contributed by atoms with Gasteiger partial charge >= 0.3 is 0 Å². The van der Waals surface area contributed by atoms with Crippen LogP contribution in [0.2, 0.25) is 0 Å². The number of nitrogens with zero attached hydrogens (tertiary/aromatic N) is 1. The molecule has 0 aliphatic rings.